The van der Waals surface area contributed by atoms with Crippen molar-refractivity contribution in [1.82, 2.24) is 19.7 Å². The second-order valence-corrected chi connectivity index (χ2v) is 7.11. The van der Waals surface area contributed by atoms with Gasteiger partial charge in [0.15, 0.2) is 5.82 Å². The number of carbonyl (C=O) groups is 1. The summed E-state index contributed by atoms with van der Waals surface area (Å²) in [6, 6.07) is 11.0. The predicted octanol–water partition coefficient (Wildman–Crippen LogP) is 3.01. The Balaban J connectivity index is 1.40. The number of hydrogen-bond acceptors (Lipinski definition) is 5. The van der Waals surface area contributed by atoms with E-state index in [0.717, 1.165) is 28.7 Å². The topological polar surface area (TPSA) is 75.9 Å². The molecule has 1 amide bonds. The van der Waals surface area contributed by atoms with E-state index in [-0.39, 0.29) is 11.8 Å². The minimum absolute atomic E-state index is 0.00129. The van der Waals surface area contributed by atoms with Crippen LogP contribution in [0.5, 0.6) is 0 Å². The molecule has 1 saturated heterocycles. The smallest absolute Gasteiger partial charge is 0.231 e. The van der Waals surface area contributed by atoms with E-state index in [1.54, 1.807) is 28.9 Å². The highest BCUT2D eigenvalue weighted by Crippen LogP contribution is 2.25. The van der Waals surface area contributed by atoms with Gasteiger partial charge in [-0.25, -0.2) is 14.6 Å². The molecule has 1 aliphatic rings. The fourth-order valence-corrected chi connectivity index (χ4v) is 3.22. The van der Waals surface area contributed by atoms with Crippen LogP contribution in [0.15, 0.2) is 42.7 Å². The fourth-order valence-electron chi connectivity index (χ4n) is 3.10. The molecule has 27 heavy (non-hydrogen) atoms. The highest BCUT2D eigenvalue weighted by molar-refractivity contribution is 6.30. The number of anilines is 2. The lowest BCUT2D eigenvalue weighted by atomic mass is 9.99. The third-order valence-electron chi connectivity index (χ3n) is 4.55. The molecule has 0 radical (unpaired) electrons. The second-order valence-electron chi connectivity index (χ2n) is 6.67. The summed E-state index contributed by atoms with van der Waals surface area (Å²) in [6.45, 7) is 5.17. The Hall–Kier alpha value is -2.93. The lowest BCUT2D eigenvalue weighted by molar-refractivity contribution is -0.120. The minimum Gasteiger partial charge on any atom is -0.355 e. The first-order valence-corrected chi connectivity index (χ1v) is 9.04. The van der Waals surface area contributed by atoms with Gasteiger partial charge in [0.1, 0.15) is 12.1 Å². The monoisotopic (exact) mass is 382 g/mol. The Morgan fingerprint density at radius 3 is 2.48 bits per heavy atom. The molecule has 0 aliphatic carbocycles. The molecule has 3 heterocycles. The zero-order valence-electron chi connectivity index (χ0n) is 15.1. The van der Waals surface area contributed by atoms with Crippen molar-refractivity contribution >= 4 is 29.0 Å². The minimum atomic E-state index is -0.0761. The molecule has 0 atom stereocenters. The Bertz CT molecular complexity index is 978. The molecule has 7 nitrogen and oxygen atoms in total. The van der Waals surface area contributed by atoms with Gasteiger partial charge in [-0.05, 0) is 44.2 Å². The molecular weight excluding hydrogens is 364 g/mol. The maximum Gasteiger partial charge on any atom is 0.231 e. The highest BCUT2D eigenvalue weighted by Gasteiger charge is 2.33. The van der Waals surface area contributed by atoms with Gasteiger partial charge in [0.25, 0.3) is 0 Å². The van der Waals surface area contributed by atoms with E-state index >= 15 is 0 Å². The molecule has 0 spiro atoms. The van der Waals surface area contributed by atoms with Crippen molar-refractivity contribution < 1.29 is 4.79 Å². The lowest BCUT2D eigenvalue weighted by Crippen LogP contribution is -2.52. The molecule has 1 aliphatic heterocycles. The molecule has 1 N–H and O–H groups in total. The Kier molecular flexibility index (Phi) is 4.53. The summed E-state index contributed by atoms with van der Waals surface area (Å²) in [5, 5.41) is 8.02. The molecule has 1 fully saturated rings. The van der Waals surface area contributed by atoms with Gasteiger partial charge in [-0.15, -0.1) is 0 Å². The maximum atomic E-state index is 12.4. The van der Waals surface area contributed by atoms with Crippen molar-refractivity contribution in [1.29, 1.82) is 0 Å². The summed E-state index contributed by atoms with van der Waals surface area (Å²) in [4.78, 5) is 23.1. The van der Waals surface area contributed by atoms with Crippen LogP contribution in [0.25, 0.3) is 5.82 Å². The molecule has 138 valence electrons. The van der Waals surface area contributed by atoms with Crippen LogP contribution in [0.4, 0.5) is 11.5 Å². The Morgan fingerprint density at radius 1 is 1.11 bits per heavy atom. The van der Waals surface area contributed by atoms with Crippen molar-refractivity contribution in [2.45, 2.75) is 13.8 Å². The summed E-state index contributed by atoms with van der Waals surface area (Å²) in [6.07, 6.45) is 1.53. The largest absolute Gasteiger partial charge is 0.355 e. The average Bonchev–Trinajstić information content (AvgIpc) is 2.94. The van der Waals surface area contributed by atoms with Gasteiger partial charge in [-0.2, -0.15) is 5.10 Å². The highest BCUT2D eigenvalue weighted by atomic mass is 35.5. The van der Waals surface area contributed by atoms with E-state index in [1.165, 1.54) is 6.33 Å². The van der Waals surface area contributed by atoms with Crippen LogP contribution in [0.1, 0.15) is 11.4 Å². The summed E-state index contributed by atoms with van der Waals surface area (Å²) >= 11 is 5.87. The maximum absolute atomic E-state index is 12.4. The summed E-state index contributed by atoms with van der Waals surface area (Å²) in [5.74, 6) is 1.44. The van der Waals surface area contributed by atoms with Crippen molar-refractivity contribution in [3.05, 3.63) is 59.1 Å². The Labute approximate surface area is 162 Å². The van der Waals surface area contributed by atoms with Crippen LogP contribution in [0.3, 0.4) is 0 Å². The van der Waals surface area contributed by atoms with Crippen LogP contribution in [0.2, 0.25) is 5.02 Å². The van der Waals surface area contributed by atoms with Crippen LogP contribution in [0, 0.1) is 19.8 Å². The van der Waals surface area contributed by atoms with E-state index in [0.29, 0.717) is 18.1 Å². The number of aryl methyl sites for hydroxylation is 2. The van der Waals surface area contributed by atoms with E-state index < -0.39 is 0 Å². The van der Waals surface area contributed by atoms with Crippen molar-refractivity contribution in [3.8, 4) is 5.82 Å². The molecule has 1 aromatic carbocycles. The van der Waals surface area contributed by atoms with Crippen molar-refractivity contribution in [3.63, 3.8) is 0 Å². The summed E-state index contributed by atoms with van der Waals surface area (Å²) in [7, 11) is 0. The van der Waals surface area contributed by atoms with Gasteiger partial charge in [0, 0.05) is 35.6 Å². The summed E-state index contributed by atoms with van der Waals surface area (Å²) in [5.41, 5.74) is 2.70. The first-order chi connectivity index (χ1) is 13.0. The number of nitrogens with zero attached hydrogens (tertiary/aromatic N) is 5. The van der Waals surface area contributed by atoms with Crippen LogP contribution in [-0.2, 0) is 4.79 Å². The first-order valence-electron chi connectivity index (χ1n) is 8.66. The van der Waals surface area contributed by atoms with Gasteiger partial charge in [-0.1, -0.05) is 11.6 Å². The molecule has 2 aromatic heterocycles. The van der Waals surface area contributed by atoms with Crippen LogP contribution >= 0.6 is 11.6 Å². The SMILES string of the molecule is Cc1cc(C)n(-c2cc(N3CC(C(=O)Nc4ccc(Cl)cc4)C3)ncn2)n1. The van der Waals surface area contributed by atoms with E-state index in [1.807, 2.05) is 26.0 Å². The molecule has 3 aromatic rings. The van der Waals surface area contributed by atoms with Gasteiger partial charge in [0.2, 0.25) is 5.91 Å². The number of nitrogens with one attached hydrogen (secondary N) is 1. The van der Waals surface area contributed by atoms with Gasteiger partial charge in [-0.3, -0.25) is 4.79 Å². The molecule has 0 bridgehead atoms. The normalized spacial score (nSPS) is 14.1. The molecular formula is C19H19ClN6O. The average molecular weight is 383 g/mol. The van der Waals surface area contributed by atoms with Gasteiger partial charge >= 0.3 is 0 Å². The number of hydrogen-bond donors (Lipinski definition) is 1. The summed E-state index contributed by atoms with van der Waals surface area (Å²) < 4.78 is 1.80. The first kappa shape index (κ1) is 17.5. The number of carbonyl (C=O) groups excluding carboxylic acids is 1. The number of benzene rings is 1. The number of halogens is 1. The number of aromatic nitrogens is 4. The molecule has 0 saturated carbocycles. The third-order valence-corrected chi connectivity index (χ3v) is 4.80. The molecule has 8 heteroatoms. The van der Waals surface area contributed by atoms with Crippen LogP contribution < -0.4 is 10.2 Å². The second kappa shape index (κ2) is 7.00. The predicted molar refractivity (Wildman–Crippen MR) is 104 cm³/mol. The van der Waals surface area contributed by atoms with Crippen LogP contribution in [-0.4, -0.2) is 38.7 Å². The van der Waals surface area contributed by atoms with E-state index in [9.17, 15) is 4.79 Å². The zero-order valence-corrected chi connectivity index (χ0v) is 15.8. The van der Waals surface area contributed by atoms with E-state index in [2.05, 4.69) is 25.3 Å². The van der Waals surface area contributed by atoms with Crippen molar-refractivity contribution in [2.24, 2.45) is 5.92 Å². The van der Waals surface area contributed by atoms with Gasteiger partial charge in [0.05, 0.1) is 11.6 Å². The third kappa shape index (κ3) is 3.64. The fraction of sp³-hybridized carbons (Fsp3) is 0.263. The number of amides is 1. The lowest BCUT2D eigenvalue weighted by Gasteiger charge is -2.39. The molecule has 4 rings (SSSR count). The number of rotatable bonds is 4. The van der Waals surface area contributed by atoms with E-state index in [4.69, 9.17) is 11.6 Å². The molecule has 0 unspecified atom stereocenters. The van der Waals surface area contributed by atoms with Gasteiger partial charge < -0.3 is 10.2 Å². The quantitative estimate of drug-likeness (QED) is 0.750. The zero-order chi connectivity index (χ0) is 19.0. The van der Waals surface area contributed by atoms with Crippen molar-refractivity contribution in [2.75, 3.05) is 23.3 Å². The Morgan fingerprint density at radius 2 is 1.81 bits per heavy atom. The standard InChI is InChI=1S/C19H19ClN6O/c1-12-7-13(2)26(24-12)18-8-17(21-11-22-18)25-9-14(10-25)19(27)23-16-5-3-15(20)4-6-16/h3-8,11,14H,9-10H2,1-2H3,(H,23,27).